The minimum atomic E-state index is -0.343. The highest BCUT2D eigenvalue weighted by Crippen LogP contribution is 2.22. The summed E-state index contributed by atoms with van der Waals surface area (Å²) in [4.78, 5) is 12.3. The summed E-state index contributed by atoms with van der Waals surface area (Å²) in [5, 5.41) is 9.19. The summed E-state index contributed by atoms with van der Waals surface area (Å²) >= 11 is 0. The number of ether oxygens (including phenoxy) is 1. The lowest BCUT2D eigenvalue weighted by molar-refractivity contribution is 0.0992. The third-order valence-electron chi connectivity index (χ3n) is 4.34. The van der Waals surface area contributed by atoms with E-state index in [1.54, 1.807) is 22.9 Å². The monoisotopic (exact) mass is 361 g/mol. The number of nitrogens with one attached hydrogen (secondary N) is 1. The second kappa shape index (κ2) is 6.99. The molecule has 1 N–H and O–H groups in total. The van der Waals surface area contributed by atoms with Crippen LogP contribution in [0, 0.1) is 6.92 Å². The lowest BCUT2D eigenvalue weighted by Crippen LogP contribution is -2.11. The van der Waals surface area contributed by atoms with E-state index in [1.807, 2.05) is 50.4 Å². The van der Waals surface area contributed by atoms with Gasteiger partial charge in [0, 0.05) is 18.8 Å². The Morgan fingerprint density at radius 3 is 2.70 bits per heavy atom. The summed E-state index contributed by atoms with van der Waals surface area (Å²) in [5.41, 5.74) is 0.953. The molecule has 0 saturated heterocycles. The number of furan rings is 1. The SMILES string of the molecule is Cc1cc(NC(=O)c2ccc(COc3ccc4ccccc4c3)o2)nn1C. The normalized spacial score (nSPS) is 10.9. The van der Waals surface area contributed by atoms with Gasteiger partial charge < -0.3 is 14.5 Å². The van der Waals surface area contributed by atoms with Crippen molar-refractivity contribution in [1.82, 2.24) is 9.78 Å². The zero-order valence-corrected chi connectivity index (χ0v) is 15.1. The fraction of sp³-hybridized carbons (Fsp3) is 0.143. The molecule has 0 atom stereocenters. The second-order valence-corrected chi connectivity index (χ2v) is 6.31. The second-order valence-electron chi connectivity index (χ2n) is 6.31. The van der Waals surface area contributed by atoms with E-state index < -0.39 is 0 Å². The van der Waals surface area contributed by atoms with E-state index in [2.05, 4.69) is 16.5 Å². The molecular weight excluding hydrogens is 342 g/mol. The van der Waals surface area contributed by atoms with Crippen molar-refractivity contribution in [3.05, 3.63) is 77.9 Å². The van der Waals surface area contributed by atoms with Crippen LogP contribution in [0.1, 0.15) is 22.0 Å². The molecule has 4 rings (SSSR count). The highest BCUT2D eigenvalue weighted by molar-refractivity contribution is 6.01. The Morgan fingerprint density at radius 2 is 1.93 bits per heavy atom. The van der Waals surface area contributed by atoms with E-state index in [4.69, 9.17) is 9.15 Å². The Labute approximate surface area is 156 Å². The molecule has 2 aromatic carbocycles. The van der Waals surface area contributed by atoms with Crippen molar-refractivity contribution in [2.24, 2.45) is 7.05 Å². The Hall–Kier alpha value is -3.54. The van der Waals surface area contributed by atoms with Gasteiger partial charge in [0.25, 0.3) is 5.91 Å². The van der Waals surface area contributed by atoms with Crippen molar-refractivity contribution >= 4 is 22.5 Å². The highest BCUT2D eigenvalue weighted by atomic mass is 16.5. The molecule has 1 amide bonds. The van der Waals surface area contributed by atoms with Gasteiger partial charge >= 0.3 is 0 Å². The summed E-state index contributed by atoms with van der Waals surface area (Å²) in [5.74, 6) is 1.69. The number of carbonyl (C=O) groups excluding carboxylic acids is 1. The zero-order chi connectivity index (χ0) is 18.8. The van der Waals surface area contributed by atoms with Crippen LogP contribution < -0.4 is 10.1 Å². The average molecular weight is 361 g/mol. The fourth-order valence-corrected chi connectivity index (χ4v) is 2.79. The van der Waals surface area contributed by atoms with Gasteiger partial charge in [-0.1, -0.05) is 30.3 Å². The van der Waals surface area contributed by atoms with E-state index in [9.17, 15) is 4.79 Å². The molecule has 0 unspecified atom stereocenters. The number of rotatable bonds is 5. The largest absolute Gasteiger partial charge is 0.486 e. The number of carbonyl (C=O) groups is 1. The Bertz CT molecular complexity index is 1090. The fourth-order valence-electron chi connectivity index (χ4n) is 2.79. The first-order valence-electron chi connectivity index (χ1n) is 8.61. The summed E-state index contributed by atoms with van der Waals surface area (Å²) in [6, 6.07) is 19.2. The van der Waals surface area contributed by atoms with Gasteiger partial charge in [-0.2, -0.15) is 5.10 Å². The average Bonchev–Trinajstić information content (AvgIpc) is 3.26. The van der Waals surface area contributed by atoms with Crippen molar-refractivity contribution in [3.63, 3.8) is 0 Å². The summed E-state index contributed by atoms with van der Waals surface area (Å²) in [7, 11) is 1.82. The third kappa shape index (κ3) is 3.69. The van der Waals surface area contributed by atoms with Crippen LogP contribution in [0.5, 0.6) is 5.75 Å². The van der Waals surface area contributed by atoms with Crippen molar-refractivity contribution in [2.75, 3.05) is 5.32 Å². The van der Waals surface area contributed by atoms with E-state index in [0.29, 0.717) is 11.6 Å². The van der Waals surface area contributed by atoms with Crippen molar-refractivity contribution < 1.29 is 13.9 Å². The Kier molecular flexibility index (Phi) is 4.38. The number of hydrogen-bond acceptors (Lipinski definition) is 4. The molecule has 0 aliphatic heterocycles. The van der Waals surface area contributed by atoms with E-state index >= 15 is 0 Å². The number of aromatic nitrogens is 2. The van der Waals surface area contributed by atoms with Crippen molar-refractivity contribution in [2.45, 2.75) is 13.5 Å². The van der Waals surface area contributed by atoms with Gasteiger partial charge in [-0.25, -0.2) is 0 Å². The van der Waals surface area contributed by atoms with E-state index in [-0.39, 0.29) is 18.3 Å². The van der Waals surface area contributed by atoms with Gasteiger partial charge in [-0.3, -0.25) is 9.48 Å². The Balaban J connectivity index is 1.40. The van der Waals surface area contributed by atoms with E-state index in [0.717, 1.165) is 22.2 Å². The first-order valence-corrected chi connectivity index (χ1v) is 8.61. The smallest absolute Gasteiger partial charge is 0.292 e. The lowest BCUT2D eigenvalue weighted by Gasteiger charge is -2.05. The maximum absolute atomic E-state index is 12.3. The molecule has 0 spiro atoms. The first-order chi connectivity index (χ1) is 13.1. The predicted molar refractivity (Wildman–Crippen MR) is 103 cm³/mol. The van der Waals surface area contributed by atoms with Crippen molar-refractivity contribution in [1.29, 1.82) is 0 Å². The topological polar surface area (TPSA) is 69.3 Å². The van der Waals surface area contributed by atoms with Gasteiger partial charge in [-0.15, -0.1) is 0 Å². The molecule has 2 aromatic heterocycles. The number of nitrogens with zero attached hydrogens (tertiary/aromatic N) is 2. The van der Waals surface area contributed by atoms with Crippen LogP contribution in [0.25, 0.3) is 10.8 Å². The molecule has 0 saturated carbocycles. The number of aryl methyl sites for hydroxylation is 2. The minimum absolute atomic E-state index is 0.218. The molecule has 6 heteroatoms. The quantitative estimate of drug-likeness (QED) is 0.575. The van der Waals surface area contributed by atoms with Crippen LogP contribution in [0.15, 0.2) is 65.1 Å². The van der Waals surface area contributed by atoms with Gasteiger partial charge in [-0.05, 0) is 42.0 Å². The number of anilines is 1. The molecule has 0 radical (unpaired) electrons. The maximum atomic E-state index is 12.3. The van der Waals surface area contributed by atoms with Crippen LogP contribution in [0.4, 0.5) is 5.82 Å². The predicted octanol–water partition coefficient (Wildman–Crippen LogP) is 4.31. The molecular formula is C21H19N3O3. The van der Waals surface area contributed by atoms with Crippen LogP contribution in [-0.4, -0.2) is 15.7 Å². The molecule has 2 heterocycles. The Morgan fingerprint density at radius 1 is 1.11 bits per heavy atom. The lowest BCUT2D eigenvalue weighted by atomic mass is 10.1. The number of benzene rings is 2. The minimum Gasteiger partial charge on any atom is -0.486 e. The standard InChI is InChI=1S/C21H19N3O3/c1-14-11-20(23-24(14)2)22-21(25)19-10-9-18(27-19)13-26-17-8-7-15-5-3-4-6-16(15)12-17/h3-12H,13H2,1-2H3,(H,22,23,25). The molecule has 0 fully saturated rings. The molecule has 0 aliphatic rings. The number of hydrogen-bond donors (Lipinski definition) is 1. The highest BCUT2D eigenvalue weighted by Gasteiger charge is 2.13. The van der Waals surface area contributed by atoms with Crippen LogP contribution >= 0.6 is 0 Å². The first kappa shape index (κ1) is 16.9. The van der Waals surface area contributed by atoms with Gasteiger partial charge in [0.05, 0.1) is 0 Å². The van der Waals surface area contributed by atoms with Gasteiger partial charge in [0.15, 0.2) is 11.6 Å². The molecule has 27 heavy (non-hydrogen) atoms. The van der Waals surface area contributed by atoms with Crippen LogP contribution in [0.2, 0.25) is 0 Å². The number of fused-ring (bicyclic) bond motifs is 1. The van der Waals surface area contributed by atoms with Crippen LogP contribution in [-0.2, 0) is 13.7 Å². The molecule has 0 bridgehead atoms. The number of amides is 1. The summed E-state index contributed by atoms with van der Waals surface area (Å²) in [6.07, 6.45) is 0. The van der Waals surface area contributed by atoms with Gasteiger partial charge in [0.2, 0.25) is 0 Å². The molecule has 6 nitrogen and oxygen atoms in total. The zero-order valence-electron chi connectivity index (χ0n) is 15.1. The van der Waals surface area contributed by atoms with Crippen LogP contribution in [0.3, 0.4) is 0 Å². The molecule has 136 valence electrons. The van der Waals surface area contributed by atoms with Gasteiger partial charge in [0.1, 0.15) is 18.1 Å². The maximum Gasteiger partial charge on any atom is 0.292 e. The summed E-state index contributed by atoms with van der Waals surface area (Å²) in [6.45, 7) is 2.16. The van der Waals surface area contributed by atoms with E-state index in [1.165, 1.54) is 0 Å². The molecule has 0 aliphatic carbocycles. The molecule has 4 aromatic rings. The van der Waals surface area contributed by atoms with Crippen molar-refractivity contribution in [3.8, 4) is 5.75 Å². The summed E-state index contributed by atoms with van der Waals surface area (Å²) < 4.78 is 13.1. The third-order valence-corrected chi connectivity index (χ3v) is 4.34.